The molecule has 2 aromatic carbocycles. The second-order valence-electron chi connectivity index (χ2n) is 4.83. The lowest BCUT2D eigenvalue weighted by molar-refractivity contribution is 0.357. The van der Waals surface area contributed by atoms with Gasteiger partial charge < -0.3 is 15.4 Å². The summed E-state index contributed by atoms with van der Waals surface area (Å²) in [6, 6.07) is 13.6. The maximum atomic E-state index is 8.88. The van der Waals surface area contributed by atoms with Gasteiger partial charge in [0.15, 0.2) is 0 Å². The van der Waals surface area contributed by atoms with Gasteiger partial charge in [-0.3, -0.25) is 0 Å². The Bertz CT molecular complexity index is 703. The Morgan fingerprint density at radius 2 is 2.10 bits per heavy atom. The van der Waals surface area contributed by atoms with Crippen LogP contribution in [-0.4, -0.2) is 13.7 Å². The normalized spacial score (nSPS) is 12.4. The molecule has 3 rings (SSSR count). The highest BCUT2D eigenvalue weighted by molar-refractivity contribution is 5.76. The molecule has 0 radical (unpaired) electrons. The van der Waals surface area contributed by atoms with Crippen LogP contribution >= 0.6 is 0 Å². The van der Waals surface area contributed by atoms with E-state index in [-0.39, 0.29) is 0 Å². The molecule has 1 aliphatic heterocycles. The summed E-state index contributed by atoms with van der Waals surface area (Å²) in [6.07, 6.45) is 0.944. The number of benzene rings is 2. The summed E-state index contributed by atoms with van der Waals surface area (Å²) in [5.41, 5.74) is 10.4. The maximum Gasteiger partial charge on any atom is 0.122 e. The fourth-order valence-corrected chi connectivity index (χ4v) is 2.45. The molecule has 0 saturated carbocycles. The number of nitrogens with zero attached hydrogens (tertiary/aromatic N) is 2. The lowest BCUT2D eigenvalue weighted by Crippen LogP contribution is -2.11. The average molecular weight is 265 g/mol. The molecule has 0 aromatic heterocycles. The molecule has 4 heteroatoms. The molecule has 2 aromatic rings. The molecule has 0 amide bonds. The second kappa shape index (κ2) is 4.78. The number of hydrogen-bond donors (Lipinski definition) is 1. The molecule has 0 aliphatic carbocycles. The van der Waals surface area contributed by atoms with E-state index in [0.29, 0.717) is 11.3 Å². The number of hydrogen-bond acceptors (Lipinski definition) is 4. The van der Waals surface area contributed by atoms with Gasteiger partial charge in [0.2, 0.25) is 0 Å². The van der Waals surface area contributed by atoms with Crippen LogP contribution in [0.4, 0.5) is 17.1 Å². The summed E-state index contributed by atoms with van der Waals surface area (Å²) in [6.45, 7) is 0.751. The molecule has 1 heterocycles. The van der Waals surface area contributed by atoms with Crippen molar-refractivity contribution in [3.63, 3.8) is 0 Å². The van der Waals surface area contributed by atoms with Crippen molar-refractivity contribution in [2.24, 2.45) is 0 Å². The van der Waals surface area contributed by atoms with Crippen LogP contribution in [0.3, 0.4) is 0 Å². The second-order valence-corrected chi connectivity index (χ2v) is 4.83. The molecule has 0 fully saturated rings. The molecule has 1 aliphatic rings. The van der Waals surface area contributed by atoms with Gasteiger partial charge in [0, 0.05) is 19.2 Å². The van der Waals surface area contributed by atoms with Crippen molar-refractivity contribution in [1.82, 2.24) is 0 Å². The van der Waals surface area contributed by atoms with Gasteiger partial charge in [-0.2, -0.15) is 5.26 Å². The summed E-state index contributed by atoms with van der Waals surface area (Å²) in [4.78, 5) is 2.02. The first-order chi connectivity index (χ1) is 9.69. The number of fused-ring (bicyclic) bond motifs is 1. The first-order valence-electron chi connectivity index (χ1n) is 6.48. The van der Waals surface area contributed by atoms with E-state index in [0.717, 1.165) is 30.2 Å². The Kier molecular flexibility index (Phi) is 2.96. The number of nitriles is 1. The van der Waals surface area contributed by atoms with Crippen LogP contribution in [0.1, 0.15) is 11.1 Å². The lowest BCUT2D eigenvalue weighted by atomic mass is 10.1. The lowest BCUT2D eigenvalue weighted by Gasteiger charge is -2.22. The Hall–Kier alpha value is -2.67. The van der Waals surface area contributed by atoms with Crippen LogP contribution in [-0.2, 0) is 6.42 Å². The van der Waals surface area contributed by atoms with Crippen molar-refractivity contribution in [2.75, 3.05) is 24.3 Å². The van der Waals surface area contributed by atoms with Crippen molar-refractivity contribution >= 4 is 17.1 Å². The number of nitrogen functional groups attached to an aromatic ring is 1. The average Bonchev–Trinajstić information content (AvgIpc) is 2.93. The van der Waals surface area contributed by atoms with Gasteiger partial charge in [-0.1, -0.05) is 0 Å². The van der Waals surface area contributed by atoms with Gasteiger partial charge >= 0.3 is 0 Å². The third-order valence-corrected chi connectivity index (χ3v) is 3.58. The van der Waals surface area contributed by atoms with Crippen LogP contribution in [0.2, 0.25) is 0 Å². The SMILES string of the molecule is CN(c1ccc2c(c1)CCO2)c1ccc(C#N)cc1N. The monoisotopic (exact) mass is 265 g/mol. The van der Waals surface area contributed by atoms with Gasteiger partial charge in [-0.05, 0) is 42.0 Å². The van der Waals surface area contributed by atoms with Crippen molar-refractivity contribution in [3.05, 3.63) is 47.5 Å². The molecule has 100 valence electrons. The molecular formula is C16H15N3O. The predicted molar refractivity (Wildman–Crippen MR) is 79.3 cm³/mol. The first kappa shape index (κ1) is 12.4. The summed E-state index contributed by atoms with van der Waals surface area (Å²) in [7, 11) is 1.97. The number of anilines is 3. The third-order valence-electron chi connectivity index (χ3n) is 3.58. The number of ether oxygens (including phenoxy) is 1. The summed E-state index contributed by atoms with van der Waals surface area (Å²) < 4.78 is 5.51. The Morgan fingerprint density at radius 3 is 2.85 bits per heavy atom. The number of rotatable bonds is 2. The highest BCUT2D eigenvalue weighted by Crippen LogP contribution is 2.34. The van der Waals surface area contributed by atoms with Crippen LogP contribution in [0.15, 0.2) is 36.4 Å². The van der Waals surface area contributed by atoms with Crippen LogP contribution in [0, 0.1) is 11.3 Å². The summed E-state index contributed by atoms with van der Waals surface area (Å²) in [5, 5.41) is 8.88. The first-order valence-corrected chi connectivity index (χ1v) is 6.48. The van der Waals surface area contributed by atoms with Gasteiger partial charge in [-0.25, -0.2) is 0 Å². The molecule has 0 unspecified atom stereocenters. The van der Waals surface area contributed by atoms with Gasteiger partial charge in [0.05, 0.1) is 29.6 Å². The predicted octanol–water partition coefficient (Wildman–Crippen LogP) is 2.84. The Balaban J connectivity index is 1.96. The molecule has 2 N–H and O–H groups in total. The maximum absolute atomic E-state index is 8.88. The van der Waals surface area contributed by atoms with Crippen molar-refractivity contribution in [2.45, 2.75) is 6.42 Å². The molecule has 0 atom stereocenters. The van der Waals surface area contributed by atoms with E-state index in [1.807, 2.05) is 30.1 Å². The topological polar surface area (TPSA) is 62.3 Å². The highest BCUT2D eigenvalue weighted by Gasteiger charge is 2.15. The Labute approximate surface area is 118 Å². The van der Waals surface area contributed by atoms with Crippen LogP contribution in [0.5, 0.6) is 5.75 Å². The minimum Gasteiger partial charge on any atom is -0.493 e. The quantitative estimate of drug-likeness (QED) is 0.848. The zero-order valence-corrected chi connectivity index (χ0v) is 11.3. The van der Waals surface area contributed by atoms with Gasteiger partial charge in [0.1, 0.15) is 5.75 Å². The van der Waals surface area contributed by atoms with Crippen molar-refractivity contribution in [1.29, 1.82) is 5.26 Å². The van der Waals surface area contributed by atoms with Gasteiger partial charge in [-0.15, -0.1) is 0 Å². The molecule has 0 spiro atoms. The van der Waals surface area contributed by atoms with Crippen molar-refractivity contribution in [3.8, 4) is 11.8 Å². The molecule has 4 nitrogen and oxygen atoms in total. The Morgan fingerprint density at radius 1 is 1.25 bits per heavy atom. The zero-order chi connectivity index (χ0) is 14.1. The largest absolute Gasteiger partial charge is 0.493 e. The third kappa shape index (κ3) is 2.04. The molecule has 20 heavy (non-hydrogen) atoms. The van der Waals surface area contributed by atoms with E-state index >= 15 is 0 Å². The van der Waals surface area contributed by atoms with E-state index in [4.69, 9.17) is 15.7 Å². The van der Waals surface area contributed by atoms with E-state index in [1.54, 1.807) is 12.1 Å². The zero-order valence-electron chi connectivity index (χ0n) is 11.3. The molecular weight excluding hydrogens is 250 g/mol. The van der Waals surface area contributed by atoms with E-state index in [2.05, 4.69) is 12.1 Å². The standard InChI is InChI=1S/C16H15N3O/c1-19(15-4-2-11(10-17)8-14(15)18)13-3-5-16-12(9-13)6-7-20-16/h2-5,8-9H,6-7,18H2,1H3. The fraction of sp³-hybridized carbons (Fsp3) is 0.188. The minimum absolute atomic E-state index is 0.571. The molecule has 0 saturated heterocycles. The summed E-state index contributed by atoms with van der Waals surface area (Å²) in [5.74, 6) is 0.968. The number of nitrogens with two attached hydrogens (primary N) is 1. The van der Waals surface area contributed by atoms with E-state index < -0.39 is 0 Å². The van der Waals surface area contributed by atoms with E-state index in [1.165, 1.54) is 5.56 Å². The molecule has 0 bridgehead atoms. The summed E-state index contributed by atoms with van der Waals surface area (Å²) >= 11 is 0. The van der Waals surface area contributed by atoms with E-state index in [9.17, 15) is 0 Å². The van der Waals surface area contributed by atoms with Crippen LogP contribution < -0.4 is 15.4 Å². The fourth-order valence-electron chi connectivity index (χ4n) is 2.45. The highest BCUT2D eigenvalue weighted by atomic mass is 16.5. The van der Waals surface area contributed by atoms with Crippen molar-refractivity contribution < 1.29 is 4.74 Å². The smallest absolute Gasteiger partial charge is 0.122 e. The minimum atomic E-state index is 0.571. The van der Waals surface area contributed by atoms with Crippen LogP contribution in [0.25, 0.3) is 0 Å². The van der Waals surface area contributed by atoms with Gasteiger partial charge in [0.25, 0.3) is 0 Å².